The summed E-state index contributed by atoms with van der Waals surface area (Å²) in [5.41, 5.74) is 6.90. The van der Waals surface area contributed by atoms with Crippen molar-refractivity contribution >= 4 is 0 Å². The van der Waals surface area contributed by atoms with E-state index in [4.69, 9.17) is 10.5 Å². The third kappa shape index (κ3) is 2.54. The second-order valence-corrected chi connectivity index (χ2v) is 3.66. The van der Waals surface area contributed by atoms with Gasteiger partial charge in [-0.1, -0.05) is 30.3 Å². The van der Waals surface area contributed by atoms with Gasteiger partial charge >= 0.3 is 0 Å². The third-order valence-corrected chi connectivity index (χ3v) is 2.42. The summed E-state index contributed by atoms with van der Waals surface area (Å²) in [6, 6.07) is 10.6. The zero-order chi connectivity index (χ0) is 9.10. The van der Waals surface area contributed by atoms with Gasteiger partial charge in [0.2, 0.25) is 0 Å². The summed E-state index contributed by atoms with van der Waals surface area (Å²) in [5, 5.41) is 0. The maximum Gasteiger partial charge on any atom is 0.0717 e. The van der Waals surface area contributed by atoms with Gasteiger partial charge in [0.15, 0.2) is 0 Å². The van der Waals surface area contributed by atoms with Crippen molar-refractivity contribution in [2.45, 2.75) is 19.1 Å². The van der Waals surface area contributed by atoms with E-state index in [0.29, 0.717) is 18.6 Å². The zero-order valence-corrected chi connectivity index (χ0v) is 7.65. The molecule has 2 N–H and O–H groups in total. The molecule has 2 unspecified atom stereocenters. The van der Waals surface area contributed by atoms with Crippen LogP contribution in [0.1, 0.15) is 12.0 Å². The third-order valence-electron chi connectivity index (χ3n) is 2.42. The standard InChI is InChI=1S/C11H15NO/c12-11-6-10(11)8-13-7-9-4-2-1-3-5-9/h1-5,10-11H,6-8,12H2. The number of ether oxygens (including phenoxy) is 1. The van der Waals surface area contributed by atoms with Crippen molar-refractivity contribution < 1.29 is 4.74 Å². The van der Waals surface area contributed by atoms with Crippen molar-refractivity contribution in [3.8, 4) is 0 Å². The molecule has 13 heavy (non-hydrogen) atoms. The molecule has 0 bridgehead atoms. The summed E-state index contributed by atoms with van der Waals surface area (Å²) in [6.07, 6.45) is 1.13. The van der Waals surface area contributed by atoms with Crippen LogP contribution in [0.5, 0.6) is 0 Å². The van der Waals surface area contributed by atoms with Crippen molar-refractivity contribution in [3.63, 3.8) is 0 Å². The Labute approximate surface area is 78.7 Å². The van der Waals surface area contributed by atoms with E-state index in [-0.39, 0.29) is 0 Å². The maximum absolute atomic E-state index is 5.67. The van der Waals surface area contributed by atoms with Gasteiger partial charge in [-0.2, -0.15) is 0 Å². The predicted octanol–water partition coefficient (Wildman–Crippen LogP) is 1.55. The summed E-state index contributed by atoms with van der Waals surface area (Å²) in [6.45, 7) is 1.53. The highest BCUT2D eigenvalue weighted by atomic mass is 16.5. The van der Waals surface area contributed by atoms with E-state index >= 15 is 0 Å². The topological polar surface area (TPSA) is 35.2 Å². The SMILES string of the molecule is NC1CC1COCc1ccccc1. The van der Waals surface area contributed by atoms with Gasteiger partial charge in [-0.3, -0.25) is 0 Å². The van der Waals surface area contributed by atoms with Gasteiger partial charge in [0, 0.05) is 6.04 Å². The van der Waals surface area contributed by atoms with Crippen LogP contribution < -0.4 is 5.73 Å². The van der Waals surface area contributed by atoms with E-state index in [1.165, 1.54) is 5.56 Å². The van der Waals surface area contributed by atoms with Crippen LogP contribution in [-0.2, 0) is 11.3 Å². The predicted molar refractivity (Wildman–Crippen MR) is 52.2 cm³/mol. The quantitative estimate of drug-likeness (QED) is 0.757. The maximum atomic E-state index is 5.67. The number of nitrogens with two attached hydrogens (primary N) is 1. The molecule has 0 amide bonds. The Bertz CT molecular complexity index is 260. The molecule has 1 aromatic carbocycles. The van der Waals surface area contributed by atoms with Gasteiger partial charge < -0.3 is 10.5 Å². The van der Waals surface area contributed by atoms with E-state index in [2.05, 4.69) is 12.1 Å². The van der Waals surface area contributed by atoms with Gasteiger partial charge in [-0.25, -0.2) is 0 Å². The first-order valence-electron chi connectivity index (χ1n) is 4.73. The second kappa shape index (κ2) is 3.90. The van der Waals surface area contributed by atoms with Crippen LogP contribution in [0.3, 0.4) is 0 Å². The van der Waals surface area contributed by atoms with Crippen LogP contribution in [-0.4, -0.2) is 12.6 Å². The lowest BCUT2D eigenvalue weighted by molar-refractivity contribution is 0.110. The molecule has 2 rings (SSSR count). The van der Waals surface area contributed by atoms with Gasteiger partial charge in [0.05, 0.1) is 13.2 Å². The zero-order valence-electron chi connectivity index (χ0n) is 7.65. The molecule has 2 nitrogen and oxygen atoms in total. The Morgan fingerprint density at radius 3 is 2.62 bits per heavy atom. The fourth-order valence-electron chi connectivity index (χ4n) is 1.37. The average molecular weight is 177 g/mol. The first kappa shape index (κ1) is 8.73. The number of rotatable bonds is 4. The van der Waals surface area contributed by atoms with Crippen LogP contribution in [0.2, 0.25) is 0 Å². The summed E-state index contributed by atoms with van der Waals surface area (Å²) in [4.78, 5) is 0. The Kier molecular flexibility index (Phi) is 2.62. The van der Waals surface area contributed by atoms with Crippen LogP contribution in [0.4, 0.5) is 0 Å². The molecule has 0 heterocycles. The van der Waals surface area contributed by atoms with E-state index in [9.17, 15) is 0 Å². The van der Waals surface area contributed by atoms with Crippen molar-refractivity contribution in [1.29, 1.82) is 0 Å². The minimum atomic E-state index is 0.399. The first-order valence-corrected chi connectivity index (χ1v) is 4.73. The molecule has 1 aliphatic rings. The molecule has 1 aliphatic carbocycles. The minimum absolute atomic E-state index is 0.399. The Hall–Kier alpha value is -0.860. The molecule has 1 fully saturated rings. The molecule has 0 aliphatic heterocycles. The van der Waals surface area contributed by atoms with E-state index < -0.39 is 0 Å². The molecule has 0 spiro atoms. The monoisotopic (exact) mass is 177 g/mol. The highest BCUT2D eigenvalue weighted by Crippen LogP contribution is 2.27. The molecule has 70 valence electrons. The molecule has 0 aromatic heterocycles. The first-order chi connectivity index (χ1) is 6.36. The normalized spacial score (nSPS) is 25.9. The largest absolute Gasteiger partial charge is 0.376 e. The molecular formula is C11H15NO. The number of hydrogen-bond acceptors (Lipinski definition) is 2. The van der Waals surface area contributed by atoms with Crippen molar-refractivity contribution in [2.75, 3.05) is 6.61 Å². The lowest BCUT2D eigenvalue weighted by atomic mass is 10.2. The molecule has 1 aromatic rings. The van der Waals surface area contributed by atoms with Crippen molar-refractivity contribution in [2.24, 2.45) is 11.7 Å². The highest BCUT2D eigenvalue weighted by molar-refractivity contribution is 5.13. The van der Waals surface area contributed by atoms with Crippen LogP contribution in [0, 0.1) is 5.92 Å². The molecule has 1 saturated carbocycles. The fourth-order valence-corrected chi connectivity index (χ4v) is 1.37. The average Bonchev–Trinajstić information content (AvgIpc) is 2.84. The van der Waals surface area contributed by atoms with E-state index in [1.54, 1.807) is 0 Å². The number of benzene rings is 1. The minimum Gasteiger partial charge on any atom is -0.376 e. The lowest BCUT2D eigenvalue weighted by Gasteiger charge is -2.02. The van der Waals surface area contributed by atoms with Crippen LogP contribution in [0.25, 0.3) is 0 Å². The Balaban J connectivity index is 1.68. The summed E-state index contributed by atoms with van der Waals surface area (Å²) in [7, 11) is 0. The van der Waals surface area contributed by atoms with E-state index in [1.807, 2.05) is 18.2 Å². The molecule has 0 radical (unpaired) electrons. The highest BCUT2D eigenvalue weighted by Gasteiger charge is 2.33. The van der Waals surface area contributed by atoms with Gasteiger partial charge in [-0.05, 0) is 17.9 Å². The van der Waals surface area contributed by atoms with Crippen molar-refractivity contribution in [3.05, 3.63) is 35.9 Å². The summed E-state index contributed by atoms with van der Waals surface area (Å²) in [5.74, 6) is 0.615. The van der Waals surface area contributed by atoms with E-state index in [0.717, 1.165) is 13.0 Å². The van der Waals surface area contributed by atoms with Gasteiger partial charge in [-0.15, -0.1) is 0 Å². The van der Waals surface area contributed by atoms with Gasteiger partial charge in [0.25, 0.3) is 0 Å². The fraction of sp³-hybridized carbons (Fsp3) is 0.455. The van der Waals surface area contributed by atoms with Crippen LogP contribution in [0.15, 0.2) is 30.3 Å². The molecule has 2 heteroatoms. The molecular weight excluding hydrogens is 162 g/mol. The Morgan fingerprint density at radius 1 is 1.31 bits per heavy atom. The number of hydrogen-bond donors (Lipinski definition) is 1. The van der Waals surface area contributed by atoms with Crippen molar-refractivity contribution in [1.82, 2.24) is 0 Å². The summed E-state index contributed by atoms with van der Waals surface area (Å²) < 4.78 is 5.53. The Morgan fingerprint density at radius 2 is 2.00 bits per heavy atom. The van der Waals surface area contributed by atoms with Crippen LogP contribution >= 0.6 is 0 Å². The summed E-state index contributed by atoms with van der Waals surface area (Å²) >= 11 is 0. The van der Waals surface area contributed by atoms with Gasteiger partial charge in [0.1, 0.15) is 0 Å². The lowest BCUT2D eigenvalue weighted by Crippen LogP contribution is -2.06. The molecule has 0 saturated heterocycles. The second-order valence-electron chi connectivity index (χ2n) is 3.66. The molecule has 2 atom stereocenters. The smallest absolute Gasteiger partial charge is 0.0717 e.